The maximum absolute atomic E-state index is 13.6. The van der Waals surface area contributed by atoms with Gasteiger partial charge in [-0.3, -0.25) is 14.5 Å². The van der Waals surface area contributed by atoms with Crippen LogP contribution in [0.15, 0.2) is 0 Å². The minimum atomic E-state index is -0.196. The summed E-state index contributed by atoms with van der Waals surface area (Å²) in [5.74, 6) is -0.392. The van der Waals surface area contributed by atoms with E-state index in [1.165, 1.54) is 70.6 Å². The Morgan fingerprint density at radius 2 is 0.611 bits per heavy atom. The lowest BCUT2D eigenvalue weighted by atomic mass is 9.74. The van der Waals surface area contributed by atoms with Crippen LogP contribution in [0.3, 0.4) is 0 Å². The Kier molecular flexibility index (Phi) is 4.37. The smallest absolute Gasteiger partial charge is 0.261 e. The van der Waals surface area contributed by atoms with Gasteiger partial charge in [0.15, 0.2) is 0 Å². The molecule has 2 amide bonds. The van der Waals surface area contributed by atoms with Crippen molar-refractivity contribution in [2.45, 2.75) is 69.2 Å². The van der Waals surface area contributed by atoms with Gasteiger partial charge in [0, 0.05) is 12.4 Å². The second-order valence-electron chi connectivity index (χ2n) is 11.2. The molecule has 0 radical (unpaired) electrons. The van der Waals surface area contributed by atoms with Crippen LogP contribution >= 0.6 is 0 Å². The zero-order valence-electron chi connectivity index (χ0n) is 23.3. The SMILES string of the molecule is Cc1c(C)c2c(C)c(C)c(C)c3c4c(C)c(C)c5c6c(c(C)c(C)c(c(c1C)c23)c64)C(=O)N(C)C5=O. The summed E-state index contributed by atoms with van der Waals surface area (Å²) in [7, 11) is 1.61. The van der Waals surface area contributed by atoms with Crippen molar-refractivity contribution in [3.8, 4) is 0 Å². The van der Waals surface area contributed by atoms with Gasteiger partial charge in [0.1, 0.15) is 0 Å². The Morgan fingerprint density at radius 1 is 0.333 bits per heavy atom. The largest absolute Gasteiger partial charge is 0.277 e. The van der Waals surface area contributed by atoms with Gasteiger partial charge in [0.25, 0.3) is 11.8 Å². The van der Waals surface area contributed by atoms with E-state index in [2.05, 4.69) is 69.2 Å². The summed E-state index contributed by atoms with van der Waals surface area (Å²) in [4.78, 5) is 28.5. The summed E-state index contributed by atoms with van der Waals surface area (Å²) in [6.07, 6.45) is 0. The average molecular weight is 476 g/mol. The Hall–Kier alpha value is -3.46. The number of carbonyl (C=O) groups is 2. The maximum Gasteiger partial charge on any atom is 0.261 e. The fraction of sp³-hybridized carbons (Fsp3) is 0.333. The van der Waals surface area contributed by atoms with Gasteiger partial charge in [-0.25, -0.2) is 0 Å². The van der Waals surface area contributed by atoms with Crippen molar-refractivity contribution in [1.29, 1.82) is 0 Å². The van der Waals surface area contributed by atoms with Gasteiger partial charge in [-0.15, -0.1) is 0 Å². The molecule has 0 saturated heterocycles. The summed E-state index contributed by atoms with van der Waals surface area (Å²) in [6.45, 7) is 21.9. The molecule has 0 unspecified atom stereocenters. The molecule has 0 aromatic heterocycles. The molecule has 0 spiro atoms. The number of hydrogen-bond donors (Lipinski definition) is 0. The second-order valence-corrected chi connectivity index (χ2v) is 11.2. The normalized spacial score (nSPS) is 14.0. The molecule has 3 heteroatoms. The topological polar surface area (TPSA) is 37.4 Å². The molecule has 36 heavy (non-hydrogen) atoms. The summed E-state index contributed by atoms with van der Waals surface area (Å²) in [5.41, 5.74) is 13.5. The fourth-order valence-electron chi connectivity index (χ4n) is 7.18. The summed E-state index contributed by atoms with van der Waals surface area (Å²) in [5, 5.41) is 9.60. The Labute approximate surface area is 212 Å². The number of aryl methyl sites for hydroxylation is 6. The molecule has 0 bridgehead atoms. The lowest BCUT2D eigenvalue weighted by molar-refractivity contribution is 0.0650. The summed E-state index contributed by atoms with van der Waals surface area (Å²) in [6, 6.07) is 0. The van der Waals surface area contributed by atoms with Crippen LogP contribution < -0.4 is 0 Å². The molecule has 1 aliphatic rings. The van der Waals surface area contributed by atoms with E-state index in [1.54, 1.807) is 7.05 Å². The van der Waals surface area contributed by atoms with E-state index in [4.69, 9.17) is 0 Å². The monoisotopic (exact) mass is 475 g/mol. The molecule has 0 aliphatic carbocycles. The third-order valence-electron chi connectivity index (χ3n) is 9.91. The predicted molar refractivity (Wildman–Crippen MR) is 151 cm³/mol. The van der Waals surface area contributed by atoms with Crippen LogP contribution in [0.2, 0.25) is 0 Å². The highest BCUT2D eigenvalue weighted by molar-refractivity contribution is 6.41. The maximum atomic E-state index is 13.6. The first kappa shape index (κ1) is 23.0. The van der Waals surface area contributed by atoms with Crippen LogP contribution in [0.4, 0.5) is 0 Å². The first-order chi connectivity index (χ1) is 16.8. The standard InChI is InChI=1S/C33H33NO2/c1-12-14(3)22-15(4)13(2)17(6)24-26-19(8)21(10)28-31-27(32(35)34(11)33(28)36)20(9)18(7)25(30(26)31)23(16(12)5)29(22)24/h1-11H3. The molecule has 0 N–H and O–H groups in total. The molecule has 0 fully saturated rings. The number of rotatable bonds is 0. The van der Waals surface area contributed by atoms with Crippen LogP contribution in [-0.2, 0) is 0 Å². The van der Waals surface area contributed by atoms with Crippen molar-refractivity contribution >= 4 is 54.9 Å². The van der Waals surface area contributed by atoms with E-state index in [-0.39, 0.29) is 11.8 Å². The number of carbonyl (C=O) groups excluding carboxylic acids is 2. The van der Waals surface area contributed by atoms with Crippen molar-refractivity contribution < 1.29 is 9.59 Å². The lowest BCUT2D eigenvalue weighted by Crippen LogP contribution is -2.38. The Morgan fingerprint density at radius 3 is 0.972 bits per heavy atom. The molecule has 182 valence electrons. The highest BCUT2D eigenvalue weighted by atomic mass is 16.2. The molecule has 1 aliphatic heterocycles. The number of imide groups is 1. The molecule has 3 nitrogen and oxygen atoms in total. The summed E-state index contributed by atoms with van der Waals surface area (Å²) < 4.78 is 0. The van der Waals surface area contributed by atoms with Crippen molar-refractivity contribution in [3.05, 3.63) is 66.8 Å². The van der Waals surface area contributed by atoms with Crippen LogP contribution in [0, 0.1) is 69.2 Å². The van der Waals surface area contributed by atoms with E-state index in [9.17, 15) is 9.59 Å². The molecule has 6 rings (SSSR count). The molecule has 1 heterocycles. The van der Waals surface area contributed by atoms with E-state index < -0.39 is 0 Å². The molecular weight excluding hydrogens is 442 g/mol. The minimum absolute atomic E-state index is 0.196. The minimum Gasteiger partial charge on any atom is -0.277 e. The van der Waals surface area contributed by atoms with Gasteiger partial charge >= 0.3 is 0 Å². The van der Waals surface area contributed by atoms with Gasteiger partial charge in [-0.1, -0.05) is 0 Å². The second kappa shape index (κ2) is 6.85. The van der Waals surface area contributed by atoms with Gasteiger partial charge in [-0.2, -0.15) is 0 Å². The number of amides is 2. The molecule has 0 atom stereocenters. The number of fused-ring (bicyclic) bond motifs is 2. The highest BCUT2D eigenvalue weighted by Crippen LogP contribution is 2.52. The van der Waals surface area contributed by atoms with Crippen LogP contribution in [0.25, 0.3) is 43.1 Å². The van der Waals surface area contributed by atoms with E-state index in [0.717, 1.165) is 33.0 Å². The van der Waals surface area contributed by atoms with Gasteiger partial charge in [0.05, 0.1) is 11.1 Å². The van der Waals surface area contributed by atoms with Gasteiger partial charge < -0.3 is 0 Å². The van der Waals surface area contributed by atoms with Crippen LogP contribution in [0.5, 0.6) is 0 Å². The van der Waals surface area contributed by atoms with Crippen LogP contribution in [-0.4, -0.2) is 23.8 Å². The zero-order chi connectivity index (χ0) is 26.3. The Bertz CT molecular complexity index is 1790. The number of hydrogen-bond acceptors (Lipinski definition) is 2. The number of nitrogens with zero attached hydrogens (tertiary/aromatic N) is 1. The van der Waals surface area contributed by atoms with Crippen molar-refractivity contribution in [1.82, 2.24) is 4.90 Å². The van der Waals surface area contributed by atoms with Crippen molar-refractivity contribution in [3.63, 3.8) is 0 Å². The fourth-order valence-corrected chi connectivity index (χ4v) is 7.18. The molecule has 5 aromatic rings. The quantitative estimate of drug-likeness (QED) is 0.129. The van der Waals surface area contributed by atoms with Crippen molar-refractivity contribution in [2.24, 2.45) is 0 Å². The van der Waals surface area contributed by atoms with E-state index in [0.29, 0.717) is 11.1 Å². The molecular formula is C33H33NO2. The van der Waals surface area contributed by atoms with Crippen molar-refractivity contribution in [2.75, 3.05) is 7.05 Å². The predicted octanol–water partition coefficient (Wildman–Crippen LogP) is 8.05. The Balaban J connectivity index is 2.18. The lowest BCUT2D eigenvalue weighted by Gasteiger charge is -2.32. The average Bonchev–Trinajstić information content (AvgIpc) is 2.84. The first-order valence-corrected chi connectivity index (χ1v) is 12.8. The number of benzene rings is 5. The van der Waals surface area contributed by atoms with E-state index in [1.807, 2.05) is 0 Å². The first-order valence-electron chi connectivity index (χ1n) is 12.8. The van der Waals surface area contributed by atoms with Gasteiger partial charge in [0.2, 0.25) is 0 Å². The van der Waals surface area contributed by atoms with Crippen LogP contribution in [0.1, 0.15) is 76.4 Å². The third-order valence-corrected chi connectivity index (χ3v) is 9.91. The van der Waals surface area contributed by atoms with Gasteiger partial charge in [-0.05, 0) is 163 Å². The summed E-state index contributed by atoms with van der Waals surface area (Å²) >= 11 is 0. The highest BCUT2D eigenvalue weighted by Gasteiger charge is 2.37. The third kappa shape index (κ3) is 2.26. The zero-order valence-corrected chi connectivity index (χ0v) is 23.3. The molecule has 0 saturated carbocycles. The van der Waals surface area contributed by atoms with E-state index >= 15 is 0 Å². The molecule has 5 aromatic carbocycles.